The summed E-state index contributed by atoms with van der Waals surface area (Å²) in [5, 5.41) is 16.9. The molecule has 2 heterocycles. The van der Waals surface area contributed by atoms with E-state index < -0.39 is 11.0 Å². The largest absolute Gasteiger partial charge is 0.373 e. The van der Waals surface area contributed by atoms with E-state index in [1.54, 1.807) is 0 Å². The van der Waals surface area contributed by atoms with E-state index in [4.69, 9.17) is 4.52 Å². The number of nitriles is 1. The first-order chi connectivity index (χ1) is 12.2. The lowest BCUT2D eigenvalue weighted by Gasteiger charge is -2.43. The normalized spacial score (nSPS) is 19.5. The number of carbonyl (C=O) groups is 1. The first kappa shape index (κ1) is 16.8. The number of ketones is 1. The Bertz CT molecular complexity index is 990. The molecule has 4 rings (SSSR count). The average Bonchev–Trinajstić information content (AvgIpc) is 3.20. The summed E-state index contributed by atoms with van der Waals surface area (Å²) in [4.78, 5) is 13.1. The lowest BCUT2D eigenvalue weighted by molar-refractivity contribution is -0.127. The van der Waals surface area contributed by atoms with Gasteiger partial charge in [0.25, 0.3) is 0 Å². The Kier molecular flexibility index (Phi) is 3.37. The van der Waals surface area contributed by atoms with E-state index in [-0.39, 0.29) is 5.78 Å². The van der Waals surface area contributed by atoms with Crippen LogP contribution in [0.5, 0.6) is 0 Å². The monoisotopic (exact) mass is 349 g/mol. The summed E-state index contributed by atoms with van der Waals surface area (Å²) in [7, 11) is 0. The predicted octanol–water partition coefficient (Wildman–Crippen LogP) is 4.06. The number of hydrogen-bond acceptors (Lipinski definition) is 5. The van der Waals surface area contributed by atoms with Gasteiger partial charge in [0.05, 0.1) is 16.5 Å². The second-order valence-electron chi connectivity index (χ2n) is 8.44. The zero-order chi connectivity index (χ0) is 18.9. The molecule has 5 nitrogen and oxygen atoms in total. The van der Waals surface area contributed by atoms with Gasteiger partial charge in [0, 0.05) is 5.69 Å². The Morgan fingerprint density at radius 2 is 1.92 bits per heavy atom. The van der Waals surface area contributed by atoms with Gasteiger partial charge in [-0.2, -0.15) is 5.26 Å². The van der Waals surface area contributed by atoms with E-state index in [0.717, 1.165) is 41.6 Å². The minimum Gasteiger partial charge on any atom is -0.373 e. The number of anilines is 1. The highest BCUT2D eigenvalue weighted by molar-refractivity contribution is 6.04. The number of carbonyl (C=O) groups excluding carboxylic acids is 1. The van der Waals surface area contributed by atoms with Crippen molar-refractivity contribution in [3.63, 3.8) is 0 Å². The lowest BCUT2D eigenvalue weighted by Crippen LogP contribution is -2.53. The van der Waals surface area contributed by atoms with Gasteiger partial charge >= 0.3 is 0 Å². The molecule has 0 unspecified atom stereocenters. The third kappa shape index (κ3) is 2.08. The van der Waals surface area contributed by atoms with Crippen LogP contribution < -0.4 is 5.32 Å². The quantitative estimate of drug-likeness (QED) is 0.840. The minimum atomic E-state index is -0.603. The maximum Gasteiger partial charge on any atom is 0.191 e. The summed E-state index contributed by atoms with van der Waals surface area (Å²) in [6.07, 6.45) is 3.01. The zero-order valence-electron chi connectivity index (χ0n) is 15.9. The Labute approximate surface area is 153 Å². The molecule has 1 aliphatic heterocycles. The Morgan fingerprint density at radius 3 is 2.62 bits per heavy atom. The standard InChI is InChI=1S/C21H23N3O2/c1-11-17(16(10-22)24-26-11)14-9-15-18(13-8-6-7-12(13)14)23-21(4,5)19(25)20(15,2)3/h9,23H,6-8H2,1-5H3. The van der Waals surface area contributed by atoms with Gasteiger partial charge in [-0.3, -0.25) is 4.79 Å². The molecule has 2 aliphatic rings. The molecular formula is C21H23N3O2. The van der Waals surface area contributed by atoms with E-state index >= 15 is 0 Å². The molecule has 5 heteroatoms. The molecule has 1 aliphatic carbocycles. The fourth-order valence-corrected chi connectivity index (χ4v) is 4.68. The van der Waals surface area contributed by atoms with Crippen LogP contribution >= 0.6 is 0 Å². The number of fused-ring (bicyclic) bond motifs is 3. The van der Waals surface area contributed by atoms with Crippen molar-refractivity contribution in [3.05, 3.63) is 34.2 Å². The van der Waals surface area contributed by atoms with Crippen molar-refractivity contribution >= 4 is 11.5 Å². The van der Waals surface area contributed by atoms with Gasteiger partial charge in [0.1, 0.15) is 11.8 Å². The van der Waals surface area contributed by atoms with Gasteiger partial charge in [-0.05, 0) is 82.2 Å². The van der Waals surface area contributed by atoms with E-state index in [1.807, 2.05) is 34.6 Å². The molecule has 0 saturated carbocycles. The summed E-state index contributed by atoms with van der Waals surface area (Å²) in [6, 6.07) is 4.22. The summed E-state index contributed by atoms with van der Waals surface area (Å²) in [5.41, 5.74) is 5.49. The number of hydrogen-bond donors (Lipinski definition) is 1. The van der Waals surface area contributed by atoms with Crippen LogP contribution in [0, 0.1) is 18.3 Å². The molecule has 2 aromatic rings. The highest BCUT2D eigenvalue weighted by atomic mass is 16.5. The van der Waals surface area contributed by atoms with Crippen molar-refractivity contribution in [1.82, 2.24) is 5.16 Å². The second-order valence-corrected chi connectivity index (χ2v) is 8.44. The van der Waals surface area contributed by atoms with Gasteiger partial charge in [-0.15, -0.1) is 0 Å². The molecule has 1 aromatic heterocycles. The van der Waals surface area contributed by atoms with Crippen LogP contribution in [-0.4, -0.2) is 16.5 Å². The number of Topliss-reactive ketones (excluding diaryl/α,β-unsaturated/α-hetero) is 1. The van der Waals surface area contributed by atoms with Gasteiger partial charge in [0.15, 0.2) is 11.5 Å². The first-order valence-electron chi connectivity index (χ1n) is 9.07. The molecule has 0 fully saturated rings. The fraction of sp³-hybridized carbons (Fsp3) is 0.476. The van der Waals surface area contributed by atoms with Crippen molar-refractivity contribution < 1.29 is 9.32 Å². The maximum atomic E-state index is 13.1. The highest BCUT2D eigenvalue weighted by Crippen LogP contribution is 2.49. The third-order valence-electron chi connectivity index (χ3n) is 5.89. The van der Waals surface area contributed by atoms with Crippen LogP contribution in [0.1, 0.15) is 62.3 Å². The summed E-state index contributed by atoms with van der Waals surface area (Å²) < 4.78 is 5.30. The molecule has 0 bridgehead atoms. The topological polar surface area (TPSA) is 78.9 Å². The van der Waals surface area contributed by atoms with Gasteiger partial charge in [0.2, 0.25) is 0 Å². The fourth-order valence-electron chi connectivity index (χ4n) is 4.68. The Morgan fingerprint density at radius 1 is 1.23 bits per heavy atom. The Hall–Kier alpha value is -2.61. The number of rotatable bonds is 1. The molecule has 1 N–H and O–H groups in total. The molecule has 0 saturated heterocycles. The van der Waals surface area contributed by atoms with Crippen molar-refractivity contribution in [1.29, 1.82) is 5.26 Å². The van der Waals surface area contributed by atoms with Gasteiger partial charge in [-0.1, -0.05) is 5.16 Å². The number of aromatic nitrogens is 1. The van der Waals surface area contributed by atoms with E-state index in [2.05, 4.69) is 22.6 Å². The van der Waals surface area contributed by atoms with Crippen LogP contribution in [0.25, 0.3) is 11.1 Å². The minimum absolute atomic E-state index is 0.170. The van der Waals surface area contributed by atoms with Crippen LogP contribution in [0.3, 0.4) is 0 Å². The molecular weight excluding hydrogens is 326 g/mol. The van der Waals surface area contributed by atoms with Crippen molar-refractivity contribution in [2.75, 3.05) is 5.32 Å². The van der Waals surface area contributed by atoms with Gasteiger partial charge < -0.3 is 9.84 Å². The molecule has 0 amide bonds. The number of aryl methyl sites for hydroxylation is 1. The van der Waals surface area contributed by atoms with Gasteiger partial charge in [-0.25, -0.2) is 0 Å². The molecule has 0 radical (unpaired) electrons. The molecule has 0 atom stereocenters. The first-order valence-corrected chi connectivity index (χ1v) is 9.07. The Balaban J connectivity index is 2.06. The third-order valence-corrected chi connectivity index (χ3v) is 5.89. The van der Waals surface area contributed by atoms with Crippen molar-refractivity contribution in [2.45, 2.75) is 64.8 Å². The van der Waals surface area contributed by atoms with Crippen molar-refractivity contribution in [3.8, 4) is 17.2 Å². The highest BCUT2D eigenvalue weighted by Gasteiger charge is 2.47. The number of nitrogens with one attached hydrogen (secondary N) is 1. The molecule has 0 spiro atoms. The van der Waals surface area contributed by atoms with Crippen molar-refractivity contribution in [2.24, 2.45) is 0 Å². The number of benzene rings is 1. The van der Waals surface area contributed by atoms with E-state index in [9.17, 15) is 10.1 Å². The smallest absolute Gasteiger partial charge is 0.191 e. The number of nitrogens with zero attached hydrogens (tertiary/aromatic N) is 2. The van der Waals surface area contributed by atoms with Crippen LogP contribution in [0.15, 0.2) is 10.6 Å². The van der Waals surface area contributed by atoms with E-state index in [1.165, 1.54) is 11.1 Å². The maximum absolute atomic E-state index is 13.1. The SMILES string of the molecule is Cc1onc(C#N)c1-c1cc2c(c3c1CCC3)NC(C)(C)C(=O)C2(C)C. The second kappa shape index (κ2) is 5.20. The summed E-state index contributed by atoms with van der Waals surface area (Å²) in [6.45, 7) is 9.73. The molecule has 134 valence electrons. The summed E-state index contributed by atoms with van der Waals surface area (Å²) in [5.74, 6) is 0.813. The molecule has 1 aromatic carbocycles. The average molecular weight is 349 g/mol. The van der Waals surface area contributed by atoms with E-state index in [0.29, 0.717) is 11.5 Å². The summed E-state index contributed by atoms with van der Waals surface area (Å²) >= 11 is 0. The van der Waals surface area contributed by atoms with Crippen LogP contribution in [-0.2, 0) is 23.1 Å². The zero-order valence-corrected chi connectivity index (χ0v) is 15.9. The molecule has 26 heavy (non-hydrogen) atoms. The van der Waals surface area contributed by atoms with Crippen LogP contribution in [0.4, 0.5) is 5.69 Å². The predicted molar refractivity (Wildman–Crippen MR) is 99.2 cm³/mol. The lowest BCUT2D eigenvalue weighted by atomic mass is 9.68. The van der Waals surface area contributed by atoms with Crippen LogP contribution in [0.2, 0.25) is 0 Å².